The van der Waals surface area contributed by atoms with Gasteiger partial charge in [-0.15, -0.1) is 10.2 Å². The van der Waals surface area contributed by atoms with Gasteiger partial charge in [0.15, 0.2) is 11.0 Å². The third kappa shape index (κ3) is 4.69. The molecule has 0 saturated heterocycles. The van der Waals surface area contributed by atoms with Crippen molar-refractivity contribution in [3.8, 4) is 17.1 Å². The summed E-state index contributed by atoms with van der Waals surface area (Å²) in [6.45, 7) is 2.16. The number of ether oxygens (including phenoxy) is 1. The number of nitrogens with zero attached hydrogens (tertiary/aromatic N) is 3. The van der Waals surface area contributed by atoms with Crippen LogP contribution in [0, 0.1) is 5.82 Å². The number of hydrogen-bond acceptors (Lipinski definition) is 5. The number of thioether (sulfide) groups is 1. The molecule has 0 bridgehead atoms. The van der Waals surface area contributed by atoms with Gasteiger partial charge in [-0.2, -0.15) is 0 Å². The molecule has 1 atom stereocenters. The fourth-order valence-corrected chi connectivity index (χ4v) is 3.39. The van der Waals surface area contributed by atoms with E-state index in [1.54, 1.807) is 19.2 Å². The van der Waals surface area contributed by atoms with E-state index >= 15 is 0 Å². The number of rotatable bonds is 7. The Morgan fingerprint density at radius 1 is 1.18 bits per heavy atom. The van der Waals surface area contributed by atoms with Crippen molar-refractivity contribution in [2.45, 2.75) is 23.9 Å². The monoisotopic (exact) mass is 400 g/mol. The number of halogens is 1. The average molecular weight is 400 g/mol. The molecule has 2 aromatic carbocycles. The quantitative estimate of drug-likeness (QED) is 0.616. The highest BCUT2D eigenvalue weighted by Crippen LogP contribution is 2.26. The summed E-state index contributed by atoms with van der Waals surface area (Å²) >= 11 is 1.33. The van der Waals surface area contributed by atoms with Gasteiger partial charge < -0.3 is 14.6 Å². The van der Waals surface area contributed by atoms with Crippen LogP contribution in [0.4, 0.5) is 4.39 Å². The predicted octanol–water partition coefficient (Wildman–Crippen LogP) is 3.43. The third-order valence-corrected chi connectivity index (χ3v) is 5.35. The van der Waals surface area contributed by atoms with Gasteiger partial charge in [0.2, 0.25) is 5.91 Å². The van der Waals surface area contributed by atoms with E-state index in [4.69, 9.17) is 4.74 Å². The van der Waals surface area contributed by atoms with E-state index in [9.17, 15) is 9.18 Å². The normalized spacial score (nSPS) is 11.9. The lowest BCUT2D eigenvalue weighted by Crippen LogP contribution is -2.30. The second-order valence-electron chi connectivity index (χ2n) is 6.20. The van der Waals surface area contributed by atoms with Gasteiger partial charge in [0.1, 0.15) is 11.6 Å². The summed E-state index contributed by atoms with van der Waals surface area (Å²) in [4.78, 5) is 12.4. The fourth-order valence-electron chi connectivity index (χ4n) is 2.56. The van der Waals surface area contributed by atoms with Crippen LogP contribution in [0.15, 0.2) is 53.7 Å². The number of hydrogen-bond donors (Lipinski definition) is 1. The Hall–Kier alpha value is -2.87. The van der Waals surface area contributed by atoms with Crippen LogP contribution in [0.3, 0.4) is 0 Å². The van der Waals surface area contributed by atoms with E-state index in [1.165, 1.54) is 23.9 Å². The van der Waals surface area contributed by atoms with Gasteiger partial charge in [-0.3, -0.25) is 4.79 Å². The molecule has 0 aliphatic rings. The Balaban J connectivity index is 1.61. The SMILES string of the molecule is COc1ccc(-c2nnc(S[C@@H](C)C(=O)NCc3ccc(F)cc3)n2C)cc1. The molecule has 28 heavy (non-hydrogen) atoms. The van der Waals surface area contributed by atoms with Gasteiger partial charge in [-0.25, -0.2) is 4.39 Å². The smallest absolute Gasteiger partial charge is 0.233 e. The average Bonchev–Trinajstić information content (AvgIpc) is 3.07. The molecule has 3 rings (SSSR count). The van der Waals surface area contributed by atoms with Crippen molar-refractivity contribution < 1.29 is 13.9 Å². The first-order chi connectivity index (χ1) is 13.5. The Labute approximate surface area is 167 Å². The lowest BCUT2D eigenvalue weighted by atomic mass is 10.2. The van der Waals surface area contributed by atoms with Crippen LogP contribution in [-0.2, 0) is 18.4 Å². The van der Waals surface area contributed by atoms with Crippen molar-refractivity contribution in [1.29, 1.82) is 0 Å². The molecule has 0 spiro atoms. The maximum absolute atomic E-state index is 12.9. The first kappa shape index (κ1) is 19.9. The topological polar surface area (TPSA) is 69.0 Å². The first-order valence-corrected chi connectivity index (χ1v) is 9.58. The summed E-state index contributed by atoms with van der Waals surface area (Å²) < 4.78 is 20.0. The molecule has 0 unspecified atom stereocenters. The van der Waals surface area contributed by atoms with Gasteiger partial charge in [0, 0.05) is 19.2 Å². The Morgan fingerprint density at radius 3 is 2.50 bits per heavy atom. The number of benzene rings is 2. The van der Waals surface area contributed by atoms with Crippen LogP contribution in [0.2, 0.25) is 0 Å². The number of carbonyl (C=O) groups excluding carboxylic acids is 1. The Morgan fingerprint density at radius 2 is 1.86 bits per heavy atom. The van der Waals surface area contributed by atoms with Crippen molar-refractivity contribution >= 4 is 17.7 Å². The van der Waals surface area contributed by atoms with Gasteiger partial charge in [0.25, 0.3) is 0 Å². The second kappa shape index (κ2) is 8.88. The molecule has 0 fully saturated rings. The largest absolute Gasteiger partial charge is 0.497 e. The Bertz CT molecular complexity index is 942. The van der Waals surface area contributed by atoms with Gasteiger partial charge in [0.05, 0.1) is 12.4 Å². The molecule has 1 N–H and O–H groups in total. The standard InChI is InChI=1S/C20H21FN4O2S/c1-13(19(26)22-12-14-4-8-16(21)9-5-14)28-20-24-23-18(25(20)2)15-6-10-17(27-3)11-7-15/h4-11,13H,12H2,1-3H3,(H,22,26)/t13-/m0/s1. The van der Waals surface area contributed by atoms with Crippen LogP contribution in [-0.4, -0.2) is 33.0 Å². The summed E-state index contributed by atoms with van der Waals surface area (Å²) in [5.74, 6) is 1.06. The van der Waals surface area contributed by atoms with Crippen LogP contribution in [0.5, 0.6) is 5.75 Å². The molecule has 3 aromatic rings. The van der Waals surface area contributed by atoms with Crippen LogP contribution in [0.25, 0.3) is 11.4 Å². The molecule has 146 valence electrons. The number of amides is 1. The van der Waals surface area contributed by atoms with E-state index in [0.717, 1.165) is 16.9 Å². The molecular formula is C20H21FN4O2S. The van der Waals surface area contributed by atoms with Crippen molar-refractivity contribution in [3.63, 3.8) is 0 Å². The van der Waals surface area contributed by atoms with Gasteiger partial charge >= 0.3 is 0 Å². The molecule has 0 radical (unpaired) electrons. The van der Waals surface area contributed by atoms with Gasteiger partial charge in [-0.1, -0.05) is 23.9 Å². The predicted molar refractivity (Wildman–Crippen MR) is 107 cm³/mol. The highest BCUT2D eigenvalue weighted by atomic mass is 32.2. The van der Waals surface area contributed by atoms with E-state index in [2.05, 4.69) is 15.5 Å². The second-order valence-corrected chi connectivity index (χ2v) is 7.51. The van der Waals surface area contributed by atoms with Crippen molar-refractivity contribution in [1.82, 2.24) is 20.1 Å². The lowest BCUT2D eigenvalue weighted by Gasteiger charge is -2.12. The fraction of sp³-hybridized carbons (Fsp3) is 0.250. The summed E-state index contributed by atoms with van der Waals surface area (Å²) in [5.41, 5.74) is 1.75. The highest BCUT2D eigenvalue weighted by molar-refractivity contribution is 8.00. The summed E-state index contributed by atoms with van der Waals surface area (Å²) in [7, 11) is 3.49. The maximum atomic E-state index is 12.9. The zero-order valence-electron chi connectivity index (χ0n) is 15.8. The molecule has 1 aromatic heterocycles. The van der Waals surface area contributed by atoms with E-state index < -0.39 is 0 Å². The number of methoxy groups -OCH3 is 1. The summed E-state index contributed by atoms with van der Waals surface area (Å²) in [6.07, 6.45) is 0. The molecule has 1 heterocycles. The lowest BCUT2D eigenvalue weighted by molar-refractivity contribution is -0.120. The van der Waals surface area contributed by atoms with Crippen molar-refractivity contribution in [2.24, 2.45) is 7.05 Å². The summed E-state index contributed by atoms with van der Waals surface area (Å²) in [6, 6.07) is 13.6. The van der Waals surface area contributed by atoms with E-state index in [0.29, 0.717) is 17.5 Å². The summed E-state index contributed by atoms with van der Waals surface area (Å²) in [5, 5.41) is 11.6. The molecule has 8 heteroatoms. The number of aromatic nitrogens is 3. The van der Waals surface area contributed by atoms with Crippen LogP contribution in [0.1, 0.15) is 12.5 Å². The molecular weight excluding hydrogens is 379 g/mol. The number of nitrogens with one attached hydrogen (secondary N) is 1. The first-order valence-electron chi connectivity index (χ1n) is 8.70. The number of carbonyl (C=O) groups is 1. The maximum Gasteiger partial charge on any atom is 0.233 e. The molecule has 0 aliphatic carbocycles. The molecule has 0 aliphatic heterocycles. The molecule has 1 amide bonds. The minimum atomic E-state index is -0.355. The third-order valence-electron chi connectivity index (χ3n) is 4.21. The van der Waals surface area contributed by atoms with Gasteiger partial charge in [-0.05, 0) is 48.9 Å². The minimum absolute atomic E-state index is 0.122. The Kier molecular flexibility index (Phi) is 6.30. The van der Waals surface area contributed by atoms with Crippen LogP contribution < -0.4 is 10.1 Å². The zero-order chi connectivity index (χ0) is 20.1. The van der Waals surface area contributed by atoms with E-state index in [1.807, 2.05) is 42.8 Å². The molecule has 6 nitrogen and oxygen atoms in total. The van der Waals surface area contributed by atoms with Crippen molar-refractivity contribution in [2.75, 3.05) is 7.11 Å². The zero-order valence-corrected chi connectivity index (χ0v) is 16.7. The molecule has 0 saturated carbocycles. The van der Waals surface area contributed by atoms with Crippen LogP contribution >= 0.6 is 11.8 Å². The van der Waals surface area contributed by atoms with E-state index in [-0.39, 0.29) is 17.0 Å². The minimum Gasteiger partial charge on any atom is -0.497 e. The highest BCUT2D eigenvalue weighted by Gasteiger charge is 2.19. The van der Waals surface area contributed by atoms with Crippen molar-refractivity contribution in [3.05, 3.63) is 59.9 Å².